The molecule has 0 amide bonds. The summed E-state index contributed by atoms with van der Waals surface area (Å²) >= 11 is 3.26. The van der Waals surface area contributed by atoms with Crippen molar-refractivity contribution in [2.45, 2.75) is 13.0 Å². The molecule has 0 bridgehead atoms. The van der Waals surface area contributed by atoms with Crippen molar-refractivity contribution < 1.29 is 4.39 Å². The number of hydrogen-bond donors (Lipinski definition) is 1. The molecule has 0 aliphatic rings. The fourth-order valence-electron chi connectivity index (χ4n) is 1.87. The number of nitrogens with one attached hydrogen (secondary N) is 1. The molecule has 18 heavy (non-hydrogen) atoms. The second-order valence-electron chi connectivity index (χ2n) is 3.94. The topological polar surface area (TPSA) is 42.7 Å². The monoisotopic (exact) mass is 312 g/mol. The smallest absolute Gasteiger partial charge is 0.129 e. The van der Waals surface area contributed by atoms with Crippen molar-refractivity contribution in [3.63, 3.8) is 0 Å². The molecule has 2 rings (SSSR count). The van der Waals surface area contributed by atoms with Crippen molar-refractivity contribution in [3.05, 3.63) is 45.9 Å². The van der Waals surface area contributed by atoms with E-state index in [0.29, 0.717) is 5.56 Å². The summed E-state index contributed by atoms with van der Waals surface area (Å²) in [6, 6.07) is 4.80. The number of hydrogen-bond acceptors (Lipinski definition) is 3. The Hall–Kier alpha value is -1.27. The summed E-state index contributed by atoms with van der Waals surface area (Å²) in [5.41, 5.74) is 1.42. The lowest BCUT2D eigenvalue weighted by molar-refractivity contribution is 0.530. The van der Waals surface area contributed by atoms with Gasteiger partial charge in [-0.05, 0) is 18.7 Å². The second-order valence-corrected chi connectivity index (χ2v) is 4.85. The molecule has 1 unspecified atom stereocenters. The molecule has 0 saturated carbocycles. The van der Waals surface area contributed by atoms with Crippen molar-refractivity contribution in [2.24, 2.45) is 7.05 Å². The van der Waals surface area contributed by atoms with E-state index in [1.54, 1.807) is 24.0 Å². The molecule has 0 fully saturated rings. The molecule has 0 aliphatic heterocycles. The largest absolute Gasteiger partial charge is 0.305 e. The number of halogens is 2. The van der Waals surface area contributed by atoms with Gasteiger partial charge in [-0.2, -0.15) is 0 Å². The molecule has 0 saturated heterocycles. The summed E-state index contributed by atoms with van der Waals surface area (Å²) in [5.74, 6) is -0.253. The summed E-state index contributed by atoms with van der Waals surface area (Å²) in [6.45, 7) is 2.71. The van der Waals surface area contributed by atoms with Gasteiger partial charge in [0.1, 0.15) is 5.82 Å². The first-order valence-electron chi connectivity index (χ1n) is 5.66. The predicted octanol–water partition coefficient (Wildman–Crippen LogP) is 2.42. The van der Waals surface area contributed by atoms with Crippen LogP contribution >= 0.6 is 15.9 Å². The van der Waals surface area contributed by atoms with E-state index in [0.717, 1.165) is 16.7 Å². The van der Waals surface area contributed by atoms with E-state index in [1.807, 2.05) is 13.0 Å². The number of rotatable bonds is 4. The van der Waals surface area contributed by atoms with Crippen molar-refractivity contribution in [1.29, 1.82) is 0 Å². The minimum atomic E-state index is -0.253. The molecule has 1 atom stereocenters. The van der Waals surface area contributed by atoms with Gasteiger partial charge in [-0.15, -0.1) is 5.10 Å². The zero-order valence-electron chi connectivity index (χ0n) is 10.2. The Morgan fingerprint density at radius 1 is 1.50 bits per heavy atom. The minimum Gasteiger partial charge on any atom is -0.305 e. The first-order chi connectivity index (χ1) is 8.63. The van der Waals surface area contributed by atoms with Gasteiger partial charge in [0, 0.05) is 17.1 Å². The highest BCUT2D eigenvalue weighted by molar-refractivity contribution is 9.10. The first kappa shape index (κ1) is 13.2. The summed E-state index contributed by atoms with van der Waals surface area (Å²) in [5, 5.41) is 11.0. The molecule has 1 aromatic heterocycles. The van der Waals surface area contributed by atoms with Crippen LogP contribution in [0.5, 0.6) is 0 Å². The maximum atomic E-state index is 14.0. The third-order valence-corrected chi connectivity index (χ3v) is 3.22. The van der Waals surface area contributed by atoms with Gasteiger partial charge >= 0.3 is 0 Å². The Kier molecular flexibility index (Phi) is 4.08. The highest BCUT2D eigenvalue weighted by atomic mass is 79.9. The summed E-state index contributed by atoms with van der Waals surface area (Å²) in [6.07, 6.45) is 1.65. The fraction of sp³-hybridized carbons (Fsp3) is 0.333. The van der Waals surface area contributed by atoms with E-state index < -0.39 is 0 Å². The normalized spacial score (nSPS) is 12.7. The molecule has 0 radical (unpaired) electrons. The molecule has 0 aliphatic carbocycles. The van der Waals surface area contributed by atoms with Crippen LogP contribution in [0.25, 0.3) is 0 Å². The zero-order chi connectivity index (χ0) is 13.1. The van der Waals surface area contributed by atoms with Gasteiger partial charge in [0.2, 0.25) is 0 Å². The molecule has 2 aromatic rings. The number of aryl methyl sites for hydroxylation is 1. The molecular weight excluding hydrogens is 299 g/mol. The Morgan fingerprint density at radius 3 is 2.83 bits per heavy atom. The lowest BCUT2D eigenvalue weighted by Gasteiger charge is -2.18. The van der Waals surface area contributed by atoms with Crippen LogP contribution in [0.3, 0.4) is 0 Å². The van der Waals surface area contributed by atoms with Gasteiger partial charge < -0.3 is 5.32 Å². The average molecular weight is 313 g/mol. The van der Waals surface area contributed by atoms with Crippen LogP contribution < -0.4 is 5.32 Å². The third kappa shape index (κ3) is 2.59. The Balaban J connectivity index is 2.45. The third-order valence-electron chi connectivity index (χ3n) is 2.73. The van der Waals surface area contributed by atoms with Gasteiger partial charge in [0.05, 0.1) is 17.9 Å². The predicted molar refractivity (Wildman–Crippen MR) is 70.6 cm³/mol. The van der Waals surface area contributed by atoms with Crippen molar-refractivity contribution in [3.8, 4) is 0 Å². The molecule has 4 nitrogen and oxygen atoms in total. The molecule has 1 heterocycles. The van der Waals surface area contributed by atoms with Crippen LogP contribution in [-0.2, 0) is 7.05 Å². The lowest BCUT2D eigenvalue weighted by atomic mass is 10.0. The van der Waals surface area contributed by atoms with Gasteiger partial charge in [-0.3, -0.25) is 4.68 Å². The van der Waals surface area contributed by atoms with Gasteiger partial charge in [-0.1, -0.05) is 34.1 Å². The highest BCUT2D eigenvalue weighted by Crippen LogP contribution is 2.25. The van der Waals surface area contributed by atoms with Crippen LogP contribution in [0.2, 0.25) is 0 Å². The van der Waals surface area contributed by atoms with E-state index in [9.17, 15) is 4.39 Å². The Morgan fingerprint density at radius 2 is 2.28 bits per heavy atom. The van der Waals surface area contributed by atoms with E-state index in [2.05, 4.69) is 31.6 Å². The maximum absolute atomic E-state index is 14.0. The van der Waals surface area contributed by atoms with Crippen molar-refractivity contribution in [1.82, 2.24) is 20.3 Å². The summed E-state index contributed by atoms with van der Waals surface area (Å²) < 4.78 is 16.4. The SMILES string of the molecule is CCNC(c1ccc(Br)cc1F)c1cnnn1C. The van der Waals surface area contributed by atoms with Crippen LogP contribution in [0, 0.1) is 5.82 Å². The fourth-order valence-corrected chi connectivity index (χ4v) is 2.21. The van der Waals surface area contributed by atoms with Crippen molar-refractivity contribution >= 4 is 15.9 Å². The van der Waals surface area contributed by atoms with Gasteiger partial charge in [0.25, 0.3) is 0 Å². The number of benzene rings is 1. The molecule has 1 N–H and O–H groups in total. The van der Waals surface area contributed by atoms with Crippen LogP contribution in [0.4, 0.5) is 4.39 Å². The van der Waals surface area contributed by atoms with E-state index in [1.165, 1.54) is 6.07 Å². The number of aromatic nitrogens is 3. The average Bonchev–Trinajstić information content (AvgIpc) is 2.73. The number of nitrogens with zero attached hydrogens (tertiary/aromatic N) is 3. The van der Waals surface area contributed by atoms with Gasteiger partial charge in [0.15, 0.2) is 0 Å². The quantitative estimate of drug-likeness (QED) is 0.943. The second kappa shape index (κ2) is 5.58. The van der Waals surface area contributed by atoms with Crippen molar-refractivity contribution in [2.75, 3.05) is 6.54 Å². The molecule has 96 valence electrons. The summed E-state index contributed by atoms with van der Waals surface area (Å²) in [7, 11) is 1.80. The van der Waals surface area contributed by atoms with Crippen LogP contribution in [0.1, 0.15) is 24.2 Å². The zero-order valence-corrected chi connectivity index (χ0v) is 11.8. The van der Waals surface area contributed by atoms with E-state index >= 15 is 0 Å². The first-order valence-corrected chi connectivity index (χ1v) is 6.45. The molecule has 0 spiro atoms. The van der Waals surface area contributed by atoms with E-state index in [4.69, 9.17) is 0 Å². The molecule has 6 heteroatoms. The molecular formula is C12H14BrFN4. The van der Waals surface area contributed by atoms with E-state index in [-0.39, 0.29) is 11.9 Å². The maximum Gasteiger partial charge on any atom is 0.129 e. The lowest BCUT2D eigenvalue weighted by Crippen LogP contribution is -2.25. The Bertz CT molecular complexity index is 541. The standard InChI is InChI=1S/C12H14BrFN4/c1-3-15-12(11-7-16-17-18(11)2)9-5-4-8(13)6-10(9)14/h4-7,12,15H,3H2,1-2H3. The van der Waals surface area contributed by atoms with Crippen LogP contribution in [-0.4, -0.2) is 21.5 Å². The highest BCUT2D eigenvalue weighted by Gasteiger charge is 2.20. The van der Waals surface area contributed by atoms with Gasteiger partial charge in [-0.25, -0.2) is 4.39 Å². The Labute approximate surface area is 113 Å². The van der Waals surface area contributed by atoms with Crippen LogP contribution in [0.15, 0.2) is 28.9 Å². The minimum absolute atomic E-state index is 0.247. The summed E-state index contributed by atoms with van der Waals surface area (Å²) in [4.78, 5) is 0. The molecule has 1 aromatic carbocycles.